The molecule has 0 aliphatic carbocycles. The van der Waals surface area contributed by atoms with E-state index in [1.165, 1.54) is 36.4 Å². The van der Waals surface area contributed by atoms with E-state index >= 15 is 0 Å². The molecule has 0 spiro atoms. The number of anilines is 2. The van der Waals surface area contributed by atoms with Crippen molar-refractivity contribution in [2.75, 3.05) is 10.0 Å². The summed E-state index contributed by atoms with van der Waals surface area (Å²) in [5.74, 6) is -0.346. The number of aromatic nitrogens is 3. The van der Waals surface area contributed by atoms with Crippen LogP contribution in [0.25, 0.3) is 10.9 Å². The highest BCUT2D eigenvalue weighted by molar-refractivity contribution is 7.92. The fourth-order valence-corrected chi connectivity index (χ4v) is 4.05. The van der Waals surface area contributed by atoms with Crippen LogP contribution in [0.2, 0.25) is 10.2 Å². The summed E-state index contributed by atoms with van der Waals surface area (Å²) < 4.78 is 27.2. The lowest BCUT2D eigenvalue weighted by Gasteiger charge is -2.08. The lowest BCUT2D eigenvalue weighted by molar-refractivity contribution is 0.102. The van der Waals surface area contributed by atoms with Gasteiger partial charge in [0.2, 0.25) is 0 Å². The Balaban J connectivity index is 1.49. The third-order valence-electron chi connectivity index (χ3n) is 4.14. The zero-order chi connectivity index (χ0) is 21.3. The number of nitrogens with zero attached hydrogens (tertiary/aromatic N) is 2. The monoisotopic (exact) mass is 461 g/mol. The Kier molecular flexibility index (Phi) is 5.33. The normalized spacial score (nSPS) is 11.4. The van der Waals surface area contributed by atoms with Crippen molar-refractivity contribution in [3.05, 3.63) is 76.5 Å². The second-order valence-electron chi connectivity index (χ2n) is 6.21. The van der Waals surface area contributed by atoms with E-state index < -0.39 is 10.0 Å². The van der Waals surface area contributed by atoms with E-state index in [0.717, 1.165) is 5.39 Å². The molecular formula is C19H13Cl2N5O3S. The smallest absolute Gasteiger partial charge is 0.272 e. The number of amides is 1. The number of carbonyl (C=O) groups excluding carboxylic acids is 1. The van der Waals surface area contributed by atoms with Crippen molar-refractivity contribution >= 4 is 61.5 Å². The van der Waals surface area contributed by atoms with Crippen molar-refractivity contribution in [1.82, 2.24) is 15.2 Å². The Morgan fingerprint density at radius 3 is 2.40 bits per heavy atom. The number of sulfonamides is 1. The molecule has 0 atom stereocenters. The Hall–Kier alpha value is -3.14. The zero-order valence-corrected chi connectivity index (χ0v) is 17.4. The maximum absolute atomic E-state index is 12.5. The van der Waals surface area contributed by atoms with E-state index in [0.29, 0.717) is 21.9 Å². The van der Waals surface area contributed by atoms with Crippen LogP contribution in [-0.2, 0) is 10.0 Å². The molecule has 0 aliphatic heterocycles. The fourth-order valence-electron chi connectivity index (χ4n) is 2.72. The van der Waals surface area contributed by atoms with Crippen molar-refractivity contribution < 1.29 is 13.2 Å². The first-order chi connectivity index (χ1) is 14.3. The topological polar surface area (TPSA) is 117 Å². The number of carbonyl (C=O) groups is 1. The van der Waals surface area contributed by atoms with Gasteiger partial charge in [-0.2, -0.15) is 0 Å². The second kappa shape index (κ2) is 7.94. The third-order valence-corrected chi connectivity index (χ3v) is 6.03. The van der Waals surface area contributed by atoms with Gasteiger partial charge in [0.05, 0.1) is 15.4 Å². The highest BCUT2D eigenvalue weighted by Gasteiger charge is 2.16. The average molecular weight is 462 g/mol. The molecule has 0 saturated heterocycles. The molecule has 152 valence electrons. The number of rotatable bonds is 5. The van der Waals surface area contributed by atoms with E-state index in [-0.39, 0.29) is 21.8 Å². The molecule has 0 unspecified atom stereocenters. The Labute approximate surface area is 181 Å². The molecular weight excluding hydrogens is 449 g/mol. The van der Waals surface area contributed by atoms with Crippen LogP contribution in [0.5, 0.6) is 0 Å². The summed E-state index contributed by atoms with van der Waals surface area (Å²) in [5.41, 5.74) is 1.43. The third kappa shape index (κ3) is 4.23. The molecule has 0 radical (unpaired) electrons. The van der Waals surface area contributed by atoms with Crippen LogP contribution in [-0.4, -0.2) is 29.5 Å². The molecule has 0 saturated carbocycles. The van der Waals surface area contributed by atoms with Gasteiger partial charge in [0.25, 0.3) is 15.9 Å². The molecule has 4 aromatic rings. The van der Waals surface area contributed by atoms with Crippen LogP contribution in [0.15, 0.2) is 65.6 Å². The fraction of sp³-hybridized carbons (Fsp3) is 0. The van der Waals surface area contributed by atoms with Gasteiger partial charge in [0.15, 0.2) is 11.0 Å². The van der Waals surface area contributed by atoms with Gasteiger partial charge in [-0.15, -0.1) is 10.2 Å². The number of H-pyrrole nitrogens is 1. The number of para-hydroxylation sites is 1. The summed E-state index contributed by atoms with van der Waals surface area (Å²) in [6.45, 7) is 0. The Bertz CT molecular complexity index is 1340. The largest absolute Gasteiger partial charge is 0.349 e. The van der Waals surface area contributed by atoms with E-state index in [9.17, 15) is 13.2 Å². The van der Waals surface area contributed by atoms with E-state index in [1.807, 2.05) is 6.07 Å². The van der Waals surface area contributed by atoms with E-state index in [4.69, 9.17) is 23.2 Å². The van der Waals surface area contributed by atoms with Crippen LogP contribution in [0.3, 0.4) is 0 Å². The first-order valence-electron chi connectivity index (χ1n) is 8.52. The van der Waals surface area contributed by atoms with Gasteiger partial charge in [-0.1, -0.05) is 35.3 Å². The molecule has 2 aromatic carbocycles. The summed E-state index contributed by atoms with van der Waals surface area (Å²) in [6.07, 6.45) is 0. The van der Waals surface area contributed by atoms with Gasteiger partial charge in [0, 0.05) is 11.1 Å². The molecule has 11 heteroatoms. The van der Waals surface area contributed by atoms with Crippen molar-refractivity contribution in [2.45, 2.75) is 4.90 Å². The summed E-state index contributed by atoms with van der Waals surface area (Å²) in [6, 6.07) is 15.6. The van der Waals surface area contributed by atoms with Gasteiger partial charge in [-0.05, 0) is 48.5 Å². The Morgan fingerprint density at radius 2 is 1.73 bits per heavy atom. The molecule has 2 heterocycles. The van der Waals surface area contributed by atoms with Crippen LogP contribution in [0.1, 0.15) is 10.5 Å². The number of hydrogen-bond acceptors (Lipinski definition) is 5. The van der Waals surface area contributed by atoms with Gasteiger partial charge < -0.3 is 10.3 Å². The minimum atomic E-state index is -3.87. The van der Waals surface area contributed by atoms with Crippen molar-refractivity contribution in [3.63, 3.8) is 0 Å². The molecule has 3 N–H and O–H groups in total. The van der Waals surface area contributed by atoms with Gasteiger partial charge in [-0.3, -0.25) is 9.52 Å². The molecule has 0 fully saturated rings. The van der Waals surface area contributed by atoms with Crippen LogP contribution in [0, 0.1) is 0 Å². The number of halogens is 2. The number of nitrogens with one attached hydrogen (secondary N) is 3. The standard InChI is InChI=1S/C19H13Cl2N5O3S/c20-14-3-1-2-11-10-15(23-18(11)14)19(27)22-12-4-6-13(7-5-12)30(28,29)26-17-9-8-16(21)24-25-17/h1-10,23H,(H,22,27)(H,25,26). The van der Waals surface area contributed by atoms with Gasteiger partial charge in [-0.25, -0.2) is 8.42 Å². The second-order valence-corrected chi connectivity index (χ2v) is 8.69. The van der Waals surface area contributed by atoms with Crippen molar-refractivity contribution in [1.29, 1.82) is 0 Å². The van der Waals surface area contributed by atoms with E-state index in [2.05, 4.69) is 25.2 Å². The van der Waals surface area contributed by atoms with Gasteiger partial charge in [0.1, 0.15) is 5.69 Å². The number of benzene rings is 2. The lowest BCUT2D eigenvalue weighted by Crippen LogP contribution is -2.15. The lowest BCUT2D eigenvalue weighted by atomic mass is 10.2. The van der Waals surface area contributed by atoms with E-state index in [1.54, 1.807) is 18.2 Å². The van der Waals surface area contributed by atoms with Crippen LogP contribution >= 0.6 is 23.2 Å². The summed E-state index contributed by atoms with van der Waals surface area (Å²) in [4.78, 5) is 15.5. The maximum Gasteiger partial charge on any atom is 0.272 e. The maximum atomic E-state index is 12.5. The molecule has 30 heavy (non-hydrogen) atoms. The highest BCUT2D eigenvalue weighted by atomic mass is 35.5. The van der Waals surface area contributed by atoms with Crippen LogP contribution < -0.4 is 10.0 Å². The predicted octanol–water partition coefficient (Wildman–Crippen LogP) is 4.32. The number of hydrogen-bond donors (Lipinski definition) is 3. The predicted molar refractivity (Wildman–Crippen MR) is 116 cm³/mol. The minimum absolute atomic E-state index is 0.00496. The van der Waals surface area contributed by atoms with Crippen molar-refractivity contribution in [3.8, 4) is 0 Å². The quantitative estimate of drug-likeness (QED) is 0.409. The molecule has 4 rings (SSSR count). The summed E-state index contributed by atoms with van der Waals surface area (Å²) in [7, 11) is -3.87. The number of aromatic amines is 1. The molecule has 2 aromatic heterocycles. The zero-order valence-electron chi connectivity index (χ0n) is 15.1. The summed E-state index contributed by atoms with van der Waals surface area (Å²) in [5, 5.41) is 11.4. The number of fused-ring (bicyclic) bond motifs is 1. The molecule has 1 amide bonds. The molecule has 0 aliphatic rings. The highest BCUT2D eigenvalue weighted by Crippen LogP contribution is 2.24. The first kappa shape index (κ1) is 20.1. The average Bonchev–Trinajstić information content (AvgIpc) is 3.16. The summed E-state index contributed by atoms with van der Waals surface area (Å²) >= 11 is 11.8. The van der Waals surface area contributed by atoms with Crippen LogP contribution in [0.4, 0.5) is 11.5 Å². The minimum Gasteiger partial charge on any atom is -0.349 e. The Morgan fingerprint density at radius 1 is 0.967 bits per heavy atom. The first-order valence-corrected chi connectivity index (χ1v) is 10.8. The van der Waals surface area contributed by atoms with Gasteiger partial charge >= 0.3 is 0 Å². The van der Waals surface area contributed by atoms with Crippen molar-refractivity contribution in [2.24, 2.45) is 0 Å². The SMILES string of the molecule is O=C(Nc1ccc(S(=O)(=O)Nc2ccc(Cl)nn2)cc1)c1cc2cccc(Cl)c2[nH]1. The molecule has 0 bridgehead atoms. The molecule has 8 nitrogen and oxygen atoms in total.